The van der Waals surface area contributed by atoms with Gasteiger partial charge in [-0.2, -0.15) is 0 Å². The summed E-state index contributed by atoms with van der Waals surface area (Å²) in [6.45, 7) is 8.28. The number of unbranched alkanes of at least 4 members (excludes halogenated alkanes) is 1. The van der Waals surface area contributed by atoms with E-state index in [1.54, 1.807) is 0 Å². The smallest absolute Gasteiger partial charge is 0.305 e. The third-order valence-electron chi connectivity index (χ3n) is 2.23. The lowest BCUT2D eigenvalue weighted by Gasteiger charge is -2.17. The lowest BCUT2D eigenvalue weighted by Crippen LogP contribution is -2.18. The van der Waals surface area contributed by atoms with Crippen LogP contribution in [-0.4, -0.2) is 40.2 Å². The molecule has 0 bridgehead atoms. The molecule has 0 spiro atoms. The fourth-order valence-corrected chi connectivity index (χ4v) is 1.17. The third-order valence-corrected chi connectivity index (χ3v) is 2.23. The van der Waals surface area contributed by atoms with Gasteiger partial charge in [0.2, 0.25) is 0 Å². The second kappa shape index (κ2) is 12.6. The fourth-order valence-electron chi connectivity index (χ4n) is 1.17. The molecule has 0 aliphatic rings. The van der Waals surface area contributed by atoms with Gasteiger partial charge in [0.15, 0.2) is 6.29 Å². The van der Waals surface area contributed by atoms with Crippen LogP contribution in [-0.2, 0) is 14.3 Å². The normalized spacial score (nSPS) is 10.8. The summed E-state index contributed by atoms with van der Waals surface area (Å²) in [5.41, 5.74) is -0.0171. The first-order valence-electron chi connectivity index (χ1n) is 7.32. The third kappa shape index (κ3) is 24.3. The summed E-state index contributed by atoms with van der Waals surface area (Å²) in [5, 5.41) is 24.6. The quantitative estimate of drug-likeness (QED) is 0.361. The van der Waals surface area contributed by atoms with E-state index < -0.39 is 12.3 Å². The lowest BCUT2D eigenvalue weighted by atomic mass is 9.99. The number of aliphatic hydroxyl groups is 2. The van der Waals surface area contributed by atoms with Crippen molar-refractivity contribution in [2.45, 2.75) is 72.5 Å². The molecule has 6 heteroatoms. The monoisotopic (exact) mass is 306 g/mol. The van der Waals surface area contributed by atoms with Crippen molar-refractivity contribution in [1.29, 1.82) is 0 Å². The van der Waals surface area contributed by atoms with Crippen LogP contribution in [0.25, 0.3) is 0 Å². The topological polar surface area (TPSA) is 104 Å². The van der Waals surface area contributed by atoms with Gasteiger partial charge in [0, 0.05) is 12.8 Å². The summed E-state index contributed by atoms with van der Waals surface area (Å²) < 4.78 is 5.03. The van der Waals surface area contributed by atoms with Crippen molar-refractivity contribution in [3.63, 3.8) is 0 Å². The molecule has 0 saturated carbocycles. The minimum absolute atomic E-state index is 0.0171. The first-order chi connectivity index (χ1) is 9.58. The van der Waals surface area contributed by atoms with E-state index in [-0.39, 0.29) is 17.8 Å². The summed E-state index contributed by atoms with van der Waals surface area (Å²) in [6, 6.07) is 0. The highest BCUT2D eigenvalue weighted by Crippen LogP contribution is 2.13. The summed E-state index contributed by atoms with van der Waals surface area (Å²) in [5.74, 6) is -1.06. The molecule has 0 aliphatic carbocycles. The van der Waals surface area contributed by atoms with Crippen molar-refractivity contribution in [3.8, 4) is 0 Å². The summed E-state index contributed by atoms with van der Waals surface area (Å²) in [4.78, 5) is 21.3. The molecular formula is C15H30O6. The molecule has 0 radical (unpaired) electrons. The van der Waals surface area contributed by atoms with Gasteiger partial charge in [-0.15, -0.1) is 0 Å². The second-order valence-electron chi connectivity index (χ2n) is 6.09. The first-order valence-corrected chi connectivity index (χ1v) is 7.32. The Kier molecular flexibility index (Phi) is 13.3. The summed E-state index contributed by atoms with van der Waals surface area (Å²) in [6.07, 6.45) is 1.75. The number of esters is 1. The van der Waals surface area contributed by atoms with Crippen molar-refractivity contribution >= 4 is 11.9 Å². The minimum Gasteiger partial charge on any atom is -0.481 e. The Morgan fingerprint density at radius 3 is 1.95 bits per heavy atom. The number of ether oxygens (including phenoxy) is 1. The average Bonchev–Trinajstić information content (AvgIpc) is 2.31. The van der Waals surface area contributed by atoms with Gasteiger partial charge in [-0.05, 0) is 24.7 Å². The number of hydrogen-bond donors (Lipinski definition) is 3. The van der Waals surface area contributed by atoms with Gasteiger partial charge in [0.05, 0.1) is 6.61 Å². The molecule has 0 rings (SSSR count). The van der Waals surface area contributed by atoms with Gasteiger partial charge >= 0.3 is 11.9 Å². The lowest BCUT2D eigenvalue weighted by molar-refractivity contribution is -0.147. The maximum Gasteiger partial charge on any atom is 0.305 e. The zero-order chi connectivity index (χ0) is 16.9. The molecule has 0 aliphatic heterocycles. The first kappa shape index (κ1) is 22.1. The highest BCUT2D eigenvalue weighted by atomic mass is 16.5. The number of carboxylic acid groups (broad SMARTS) is 1. The van der Waals surface area contributed by atoms with E-state index in [9.17, 15) is 9.59 Å². The molecule has 0 heterocycles. The van der Waals surface area contributed by atoms with Gasteiger partial charge in [-0.3, -0.25) is 9.59 Å². The molecule has 126 valence electrons. The Labute approximate surface area is 127 Å². The van der Waals surface area contributed by atoms with Gasteiger partial charge in [0.25, 0.3) is 0 Å². The number of aliphatic carboxylic acids is 1. The number of aliphatic hydroxyl groups excluding tert-OH is 1. The number of rotatable bonds is 8. The molecule has 3 N–H and O–H groups in total. The van der Waals surface area contributed by atoms with Crippen LogP contribution in [0.2, 0.25) is 0 Å². The van der Waals surface area contributed by atoms with Crippen LogP contribution in [0.15, 0.2) is 0 Å². The molecule has 0 aromatic heterocycles. The molecule has 0 fully saturated rings. The highest BCUT2D eigenvalue weighted by Gasteiger charge is 2.13. The van der Waals surface area contributed by atoms with Gasteiger partial charge in [-0.25, -0.2) is 0 Å². The molecule has 21 heavy (non-hydrogen) atoms. The molecular weight excluding hydrogens is 276 g/mol. The maximum absolute atomic E-state index is 11.2. The van der Waals surface area contributed by atoms with Crippen LogP contribution in [0.4, 0.5) is 0 Å². The summed E-state index contributed by atoms with van der Waals surface area (Å²) >= 11 is 0. The SMILES string of the molecule is CC(C)(C)COC(=O)CCCCC(=O)O.CCCC(O)O. The largest absolute Gasteiger partial charge is 0.481 e. The van der Waals surface area contributed by atoms with Crippen LogP contribution in [0.3, 0.4) is 0 Å². The van der Waals surface area contributed by atoms with Gasteiger partial charge in [0.1, 0.15) is 0 Å². The average molecular weight is 306 g/mol. The molecule has 0 amide bonds. The van der Waals surface area contributed by atoms with Crippen LogP contribution in [0, 0.1) is 5.41 Å². The summed E-state index contributed by atoms with van der Waals surface area (Å²) in [7, 11) is 0. The van der Waals surface area contributed by atoms with Crippen LogP contribution < -0.4 is 0 Å². The Bertz CT molecular complexity index is 280. The van der Waals surface area contributed by atoms with Crippen molar-refractivity contribution in [1.82, 2.24) is 0 Å². The molecule has 0 unspecified atom stereocenters. The molecule has 0 aromatic carbocycles. The predicted octanol–water partition coefficient (Wildman–Crippen LogP) is 2.32. The van der Waals surface area contributed by atoms with E-state index in [4.69, 9.17) is 20.1 Å². The molecule has 0 aromatic rings. The number of carbonyl (C=O) groups excluding carboxylic acids is 1. The van der Waals surface area contributed by atoms with E-state index in [1.165, 1.54) is 0 Å². The van der Waals surface area contributed by atoms with Crippen LogP contribution in [0.1, 0.15) is 66.2 Å². The van der Waals surface area contributed by atoms with Crippen molar-refractivity contribution in [3.05, 3.63) is 0 Å². The predicted molar refractivity (Wildman–Crippen MR) is 79.7 cm³/mol. The second-order valence-corrected chi connectivity index (χ2v) is 6.09. The Morgan fingerprint density at radius 1 is 1.10 bits per heavy atom. The van der Waals surface area contributed by atoms with Crippen LogP contribution >= 0.6 is 0 Å². The number of hydrogen-bond acceptors (Lipinski definition) is 5. The highest BCUT2D eigenvalue weighted by molar-refractivity contribution is 5.69. The van der Waals surface area contributed by atoms with Crippen molar-refractivity contribution < 1.29 is 29.6 Å². The zero-order valence-electron chi connectivity index (χ0n) is 13.6. The van der Waals surface area contributed by atoms with Crippen molar-refractivity contribution in [2.75, 3.05) is 6.61 Å². The number of carboxylic acids is 1. The molecule has 0 atom stereocenters. The fraction of sp³-hybridized carbons (Fsp3) is 0.867. The van der Waals surface area contributed by atoms with Gasteiger partial charge < -0.3 is 20.1 Å². The van der Waals surface area contributed by atoms with Crippen LogP contribution in [0.5, 0.6) is 0 Å². The number of carbonyl (C=O) groups is 2. The Hall–Kier alpha value is -1.14. The Morgan fingerprint density at radius 2 is 1.62 bits per heavy atom. The van der Waals surface area contributed by atoms with E-state index in [2.05, 4.69) is 0 Å². The standard InChI is InChI=1S/C11H20O4.C4H10O2/c1-11(2,3)8-15-10(14)7-5-4-6-9(12)13;1-2-3-4(5)6/h4-8H2,1-3H3,(H,12,13);4-6H,2-3H2,1H3. The van der Waals surface area contributed by atoms with E-state index in [0.29, 0.717) is 32.3 Å². The van der Waals surface area contributed by atoms with Gasteiger partial charge in [-0.1, -0.05) is 34.1 Å². The molecule has 6 nitrogen and oxygen atoms in total. The maximum atomic E-state index is 11.2. The Balaban J connectivity index is 0. The zero-order valence-corrected chi connectivity index (χ0v) is 13.6. The molecule has 0 saturated heterocycles. The van der Waals surface area contributed by atoms with Crippen molar-refractivity contribution in [2.24, 2.45) is 5.41 Å². The minimum atomic E-state index is -1.10. The van der Waals surface area contributed by atoms with E-state index >= 15 is 0 Å². The van der Waals surface area contributed by atoms with E-state index in [0.717, 1.165) is 6.42 Å². The van der Waals surface area contributed by atoms with E-state index in [1.807, 2.05) is 27.7 Å².